The quantitative estimate of drug-likeness (QED) is 0.820. The first-order valence-electron chi connectivity index (χ1n) is 4.80. The van der Waals surface area contributed by atoms with E-state index in [0.29, 0.717) is 23.0 Å². The highest BCUT2D eigenvalue weighted by molar-refractivity contribution is 7.07. The van der Waals surface area contributed by atoms with E-state index in [9.17, 15) is 4.79 Å². The van der Waals surface area contributed by atoms with E-state index >= 15 is 0 Å². The van der Waals surface area contributed by atoms with Gasteiger partial charge in [-0.1, -0.05) is 4.49 Å². The number of carbonyl (C=O) groups is 1. The van der Waals surface area contributed by atoms with Gasteiger partial charge in [0.1, 0.15) is 4.88 Å². The third-order valence-corrected chi connectivity index (χ3v) is 4.12. The number of aryl methyl sites for hydroxylation is 1. The van der Waals surface area contributed by atoms with Crippen LogP contribution in [0.25, 0.3) is 0 Å². The number of hydrogen-bond donors (Lipinski definition) is 1. The van der Waals surface area contributed by atoms with Crippen LogP contribution in [0.15, 0.2) is 0 Å². The molecule has 1 N–H and O–H groups in total. The molecule has 0 saturated heterocycles. The third kappa shape index (κ3) is 2.29. The molecule has 6 heteroatoms. The third-order valence-electron chi connectivity index (χ3n) is 2.72. The highest BCUT2D eigenvalue weighted by Gasteiger charge is 2.41. The number of alkyl halides is 1. The minimum Gasteiger partial charge on any atom is -0.351 e. The number of nitrogens with one attached hydrogen (secondary N) is 1. The molecule has 2 rings (SSSR count). The van der Waals surface area contributed by atoms with Crippen molar-refractivity contribution in [1.29, 1.82) is 0 Å². The Labute approximate surface area is 97.2 Å². The number of nitrogens with zero attached hydrogens (tertiary/aromatic N) is 2. The van der Waals surface area contributed by atoms with Gasteiger partial charge in [0, 0.05) is 17.8 Å². The zero-order valence-electron chi connectivity index (χ0n) is 8.42. The molecule has 1 heterocycles. The molecule has 0 radical (unpaired) electrons. The zero-order chi connectivity index (χ0) is 10.9. The summed E-state index contributed by atoms with van der Waals surface area (Å²) >= 11 is 6.95. The van der Waals surface area contributed by atoms with E-state index < -0.39 is 0 Å². The molecular weight excluding hydrogens is 234 g/mol. The predicted octanol–water partition coefficient (Wildman–Crippen LogP) is 1.60. The molecule has 1 fully saturated rings. The number of halogens is 1. The van der Waals surface area contributed by atoms with Gasteiger partial charge in [-0.25, -0.2) is 0 Å². The Morgan fingerprint density at radius 1 is 1.67 bits per heavy atom. The molecule has 0 aliphatic heterocycles. The van der Waals surface area contributed by atoms with Crippen LogP contribution in [0.3, 0.4) is 0 Å². The fourth-order valence-corrected chi connectivity index (χ4v) is 2.26. The second kappa shape index (κ2) is 4.06. The first kappa shape index (κ1) is 10.8. The van der Waals surface area contributed by atoms with E-state index in [1.165, 1.54) is 0 Å². The van der Waals surface area contributed by atoms with Gasteiger partial charge in [0.25, 0.3) is 5.91 Å². The Bertz CT molecular complexity index is 375. The Balaban J connectivity index is 1.91. The lowest BCUT2D eigenvalue weighted by atomic mass is 10.1. The number of aromatic nitrogens is 2. The summed E-state index contributed by atoms with van der Waals surface area (Å²) in [4.78, 5) is 12.3. The maximum Gasteiger partial charge on any atom is 0.264 e. The lowest BCUT2D eigenvalue weighted by Gasteiger charge is -2.11. The fourth-order valence-electron chi connectivity index (χ4n) is 1.32. The van der Waals surface area contributed by atoms with Crippen LogP contribution in [0.4, 0.5) is 0 Å². The fraction of sp³-hybridized carbons (Fsp3) is 0.667. The second-order valence-corrected chi connectivity index (χ2v) is 5.03. The van der Waals surface area contributed by atoms with E-state index in [4.69, 9.17) is 11.6 Å². The van der Waals surface area contributed by atoms with Crippen molar-refractivity contribution in [2.45, 2.75) is 19.8 Å². The lowest BCUT2D eigenvalue weighted by Crippen LogP contribution is -2.30. The molecular formula is C9H12ClN3OS. The Kier molecular flexibility index (Phi) is 2.93. The predicted molar refractivity (Wildman–Crippen MR) is 59.4 cm³/mol. The Morgan fingerprint density at radius 2 is 2.40 bits per heavy atom. The average Bonchev–Trinajstić information content (AvgIpc) is 2.91. The molecule has 1 saturated carbocycles. The van der Waals surface area contributed by atoms with Crippen molar-refractivity contribution in [2.75, 3.05) is 12.4 Å². The average molecular weight is 246 g/mol. The van der Waals surface area contributed by atoms with Crippen LogP contribution in [0.2, 0.25) is 0 Å². The molecule has 82 valence electrons. The first-order valence-corrected chi connectivity index (χ1v) is 6.11. The van der Waals surface area contributed by atoms with Crippen molar-refractivity contribution < 1.29 is 4.79 Å². The normalized spacial score (nSPS) is 17.5. The summed E-state index contributed by atoms with van der Waals surface area (Å²) in [6.45, 7) is 2.44. The molecule has 1 amide bonds. The van der Waals surface area contributed by atoms with Crippen molar-refractivity contribution in [2.24, 2.45) is 5.41 Å². The summed E-state index contributed by atoms with van der Waals surface area (Å²) < 4.78 is 3.73. The standard InChI is InChI=1S/C9H12ClN3OS/c1-6-7(15-13-12-6)8(14)11-5-9(4-10)2-3-9/h2-5H2,1H3,(H,11,14). The van der Waals surface area contributed by atoms with Gasteiger partial charge in [-0.15, -0.1) is 16.7 Å². The van der Waals surface area contributed by atoms with Crippen LogP contribution >= 0.6 is 23.1 Å². The molecule has 0 atom stereocenters. The monoisotopic (exact) mass is 245 g/mol. The van der Waals surface area contributed by atoms with Crippen LogP contribution in [0.1, 0.15) is 28.2 Å². The summed E-state index contributed by atoms with van der Waals surface area (Å²) in [6.07, 6.45) is 2.22. The molecule has 1 aliphatic carbocycles. The zero-order valence-corrected chi connectivity index (χ0v) is 9.99. The number of hydrogen-bond acceptors (Lipinski definition) is 4. The van der Waals surface area contributed by atoms with Gasteiger partial charge in [-0.05, 0) is 31.3 Å². The maximum atomic E-state index is 11.7. The summed E-state index contributed by atoms with van der Waals surface area (Å²) in [5, 5.41) is 6.69. The number of amides is 1. The SMILES string of the molecule is Cc1nnsc1C(=O)NCC1(CCl)CC1. The van der Waals surface area contributed by atoms with Gasteiger partial charge in [-0.3, -0.25) is 4.79 Å². The largest absolute Gasteiger partial charge is 0.351 e. The summed E-state index contributed by atoms with van der Waals surface area (Å²) in [5.41, 5.74) is 0.844. The van der Waals surface area contributed by atoms with Crippen LogP contribution in [-0.2, 0) is 0 Å². The molecule has 1 aromatic heterocycles. The van der Waals surface area contributed by atoms with Gasteiger partial charge in [0.05, 0.1) is 5.69 Å². The number of rotatable bonds is 4. The van der Waals surface area contributed by atoms with Gasteiger partial charge in [-0.2, -0.15) is 0 Å². The van der Waals surface area contributed by atoms with Gasteiger partial charge >= 0.3 is 0 Å². The molecule has 0 aromatic carbocycles. The van der Waals surface area contributed by atoms with Crippen molar-refractivity contribution in [3.05, 3.63) is 10.6 Å². The molecule has 0 bridgehead atoms. The Hall–Kier alpha value is -0.680. The van der Waals surface area contributed by atoms with Crippen molar-refractivity contribution >= 4 is 29.0 Å². The van der Waals surface area contributed by atoms with Crippen molar-refractivity contribution in [3.8, 4) is 0 Å². The van der Waals surface area contributed by atoms with Crippen LogP contribution in [0, 0.1) is 12.3 Å². The van der Waals surface area contributed by atoms with Crippen molar-refractivity contribution in [3.63, 3.8) is 0 Å². The Morgan fingerprint density at radius 3 is 2.87 bits per heavy atom. The van der Waals surface area contributed by atoms with E-state index in [1.54, 1.807) is 6.92 Å². The summed E-state index contributed by atoms with van der Waals surface area (Å²) in [5.74, 6) is 0.534. The molecule has 15 heavy (non-hydrogen) atoms. The lowest BCUT2D eigenvalue weighted by molar-refractivity contribution is 0.0949. The van der Waals surface area contributed by atoms with E-state index in [-0.39, 0.29) is 11.3 Å². The minimum absolute atomic E-state index is 0.0844. The minimum atomic E-state index is -0.0844. The highest BCUT2D eigenvalue weighted by Crippen LogP contribution is 2.45. The molecule has 0 unspecified atom stereocenters. The van der Waals surface area contributed by atoms with Gasteiger partial charge in [0.2, 0.25) is 0 Å². The van der Waals surface area contributed by atoms with Crippen molar-refractivity contribution in [1.82, 2.24) is 14.9 Å². The van der Waals surface area contributed by atoms with Gasteiger partial charge < -0.3 is 5.32 Å². The molecule has 0 spiro atoms. The maximum absolute atomic E-state index is 11.7. The summed E-state index contributed by atoms with van der Waals surface area (Å²) in [6, 6.07) is 0. The number of carbonyl (C=O) groups excluding carboxylic acids is 1. The smallest absolute Gasteiger partial charge is 0.264 e. The van der Waals surface area contributed by atoms with E-state index in [1.807, 2.05) is 0 Å². The van der Waals surface area contributed by atoms with Crippen LogP contribution in [-0.4, -0.2) is 27.9 Å². The second-order valence-electron chi connectivity index (χ2n) is 4.00. The molecule has 1 aromatic rings. The highest BCUT2D eigenvalue weighted by atomic mass is 35.5. The first-order chi connectivity index (χ1) is 7.17. The van der Waals surface area contributed by atoms with Crippen LogP contribution < -0.4 is 5.32 Å². The van der Waals surface area contributed by atoms with E-state index in [2.05, 4.69) is 14.9 Å². The molecule has 4 nitrogen and oxygen atoms in total. The topological polar surface area (TPSA) is 54.9 Å². The van der Waals surface area contributed by atoms with Gasteiger partial charge in [0.15, 0.2) is 0 Å². The summed E-state index contributed by atoms with van der Waals surface area (Å²) in [7, 11) is 0. The van der Waals surface area contributed by atoms with Crippen LogP contribution in [0.5, 0.6) is 0 Å². The van der Waals surface area contributed by atoms with E-state index in [0.717, 1.165) is 24.4 Å². The molecule has 1 aliphatic rings.